The zero-order valence-electron chi connectivity index (χ0n) is 7.70. The maximum Gasteiger partial charge on any atom is 0.107 e. The average molecular weight is 194 g/mol. The number of hydrogen-bond donors (Lipinski definition) is 0. The van der Waals surface area contributed by atoms with Gasteiger partial charge in [-0.25, -0.2) is 4.98 Å². The average Bonchev–Trinajstić information content (AvgIpc) is 2.76. The van der Waals surface area contributed by atoms with Crippen molar-refractivity contribution in [3.63, 3.8) is 0 Å². The minimum Gasteiger partial charge on any atom is -0.297 e. The van der Waals surface area contributed by atoms with Crippen LogP contribution >= 0.6 is 11.3 Å². The first-order chi connectivity index (χ1) is 6.38. The maximum atomic E-state index is 4.36. The van der Waals surface area contributed by atoms with Crippen LogP contribution in [0.5, 0.6) is 0 Å². The van der Waals surface area contributed by atoms with Crippen LogP contribution in [-0.2, 0) is 6.54 Å². The molecule has 0 aromatic carbocycles. The Morgan fingerprint density at radius 3 is 2.92 bits per heavy atom. The van der Waals surface area contributed by atoms with E-state index in [4.69, 9.17) is 0 Å². The number of likely N-dealkylation sites (tertiary alicyclic amines) is 1. The summed E-state index contributed by atoms with van der Waals surface area (Å²) in [7, 11) is 0. The van der Waals surface area contributed by atoms with Crippen molar-refractivity contribution >= 4 is 17.4 Å². The minimum absolute atomic E-state index is 1.03. The van der Waals surface area contributed by atoms with E-state index in [0.717, 1.165) is 6.54 Å². The molecule has 0 N–H and O–H groups in total. The highest BCUT2D eigenvalue weighted by molar-refractivity contribution is 7.12. The van der Waals surface area contributed by atoms with Crippen molar-refractivity contribution in [3.05, 3.63) is 22.7 Å². The van der Waals surface area contributed by atoms with E-state index < -0.39 is 0 Å². The lowest BCUT2D eigenvalue weighted by Gasteiger charge is -2.11. The predicted molar refractivity (Wildman–Crippen MR) is 56.7 cm³/mol. The van der Waals surface area contributed by atoms with Gasteiger partial charge in [-0.05, 0) is 25.9 Å². The van der Waals surface area contributed by atoms with Crippen LogP contribution in [0.4, 0.5) is 0 Å². The molecule has 2 nitrogen and oxygen atoms in total. The molecule has 0 aliphatic carbocycles. The Kier molecular flexibility index (Phi) is 2.76. The van der Waals surface area contributed by atoms with E-state index in [9.17, 15) is 0 Å². The Bertz CT molecular complexity index is 287. The normalized spacial score (nSPS) is 17.8. The molecule has 2 rings (SSSR count). The van der Waals surface area contributed by atoms with Gasteiger partial charge in [0.05, 0.1) is 6.54 Å². The molecule has 1 aromatic rings. The van der Waals surface area contributed by atoms with E-state index in [1.165, 1.54) is 35.8 Å². The quantitative estimate of drug-likeness (QED) is 0.734. The molecule has 1 fully saturated rings. The molecule has 0 radical (unpaired) electrons. The van der Waals surface area contributed by atoms with Crippen LogP contribution in [0.3, 0.4) is 0 Å². The van der Waals surface area contributed by atoms with Gasteiger partial charge in [-0.2, -0.15) is 0 Å². The Balaban J connectivity index is 1.96. The highest BCUT2D eigenvalue weighted by atomic mass is 32.1. The van der Waals surface area contributed by atoms with Crippen molar-refractivity contribution < 1.29 is 0 Å². The monoisotopic (exact) mass is 194 g/mol. The Morgan fingerprint density at radius 2 is 2.31 bits per heavy atom. The topological polar surface area (TPSA) is 16.1 Å². The van der Waals surface area contributed by atoms with Gasteiger partial charge in [0, 0.05) is 11.1 Å². The SMILES string of the molecule is C=Cc1cnc(CN2CCCC2)s1. The Hall–Kier alpha value is -0.670. The van der Waals surface area contributed by atoms with Gasteiger partial charge < -0.3 is 0 Å². The lowest BCUT2D eigenvalue weighted by molar-refractivity contribution is 0.331. The molecule has 1 aliphatic heterocycles. The van der Waals surface area contributed by atoms with Crippen molar-refractivity contribution in [2.24, 2.45) is 0 Å². The number of nitrogens with zero attached hydrogens (tertiary/aromatic N) is 2. The fraction of sp³-hybridized carbons (Fsp3) is 0.500. The summed E-state index contributed by atoms with van der Waals surface area (Å²) < 4.78 is 0. The highest BCUT2D eigenvalue weighted by Crippen LogP contribution is 2.18. The van der Waals surface area contributed by atoms with Crippen LogP contribution in [0.15, 0.2) is 12.8 Å². The molecule has 0 saturated carbocycles. The molecule has 3 heteroatoms. The van der Waals surface area contributed by atoms with E-state index >= 15 is 0 Å². The Morgan fingerprint density at radius 1 is 1.54 bits per heavy atom. The second kappa shape index (κ2) is 4.03. The van der Waals surface area contributed by atoms with Crippen molar-refractivity contribution in [1.82, 2.24) is 9.88 Å². The van der Waals surface area contributed by atoms with Crippen molar-refractivity contribution in [1.29, 1.82) is 0 Å². The lowest BCUT2D eigenvalue weighted by Crippen LogP contribution is -2.17. The smallest absolute Gasteiger partial charge is 0.107 e. The number of thiazole rings is 1. The first kappa shape index (κ1) is 8.91. The van der Waals surface area contributed by atoms with Crippen LogP contribution in [0.1, 0.15) is 22.7 Å². The summed E-state index contributed by atoms with van der Waals surface area (Å²) in [4.78, 5) is 8.00. The fourth-order valence-electron chi connectivity index (χ4n) is 1.62. The summed E-state index contributed by atoms with van der Waals surface area (Å²) >= 11 is 1.75. The number of rotatable bonds is 3. The number of aromatic nitrogens is 1. The third kappa shape index (κ3) is 2.17. The Labute approximate surface area is 82.9 Å². The molecule has 0 amide bonds. The summed E-state index contributed by atoms with van der Waals surface area (Å²) in [5.74, 6) is 0. The third-order valence-corrected chi connectivity index (χ3v) is 3.31. The third-order valence-electron chi connectivity index (χ3n) is 2.33. The summed E-state index contributed by atoms with van der Waals surface area (Å²) in [5.41, 5.74) is 0. The molecule has 1 saturated heterocycles. The molecular formula is C10H14N2S. The van der Waals surface area contributed by atoms with Crippen molar-refractivity contribution in [2.75, 3.05) is 13.1 Å². The second-order valence-corrected chi connectivity index (χ2v) is 4.49. The van der Waals surface area contributed by atoms with Crippen LogP contribution < -0.4 is 0 Å². The van der Waals surface area contributed by atoms with Crippen molar-refractivity contribution in [2.45, 2.75) is 19.4 Å². The molecular weight excluding hydrogens is 180 g/mol. The van der Waals surface area contributed by atoms with Gasteiger partial charge in [-0.1, -0.05) is 12.7 Å². The summed E-state index contributed by atoms with van der Waals surface area (Å²) in [6.07, 6.45) is 6.47. The molecule has 0 unspecified atom stereocenters. The van der Waals surface area contributed by atoms with E-state index in [-0.39, 0.29) is 0 Å². The predicted octanol–water partition coefficient (Wildman–Crippen LogP) is 2.38. The molecule has 2 heterocycles. The van der Waals surface area contributed by atoms with Gasteiger partial charge in [0.25, 0.3) is 0 Å². The van der Waals surface area contributed by atoms with Crippen LogP contribution in [0.2, 0.25) is 0 Å². The summed E-state index contributed by atoms with van der Waals surface area (Å²) in [6, 6.07) is 0. The van der Waals surface area contributed by atoms with Gasteiger partial charge >= 0.3 is 0 Å². The minimum atomic E-state index is 1.03. The largest absolute Gasteiger partial charge is 0.297 e. The molecule has 1 aromatic heterocycles. The van der Waals surface area contributed by atoms with E-state index in [1.54, 1.807) is 11.3 Å². The van der Waals surface area contributed by atoms with Crippen LogP contribution in [0.25, 0.3) is 6.08 Å². The van der Waals surface area contributed by atoms with Gasteiger partial charge in [0.1, 0.15) is 5.01 Å². The molecule has 1 aliphatic rings. The first-order valence-corrected chi connectivity index (χ1v) is 5.49. The zero-order chi connectivity index (χ0) is 9.10. The fourth-order valence-corrected chi connectivity index (χ4v) is 2.44. The summed E-state index contributed by atoms with van der Waals surface area (Å²) in [6.45, 7) is 7.24. The highest BCUT2D eigenvalue weighted by Gasteiger charge is 2.12. The second-order valence-electron chi connectivity index (χ2n) is 3.34. The van der Waals surface area contributed by atoms with Gasteiger partial charge in [0.2, 0.25) is 0 Å². The molecule has 13 heavy (non-hydrogen) atoms. The standard InChI is InChI=1S/C10H14N2S/c1-2-9-7-11-10(13-9)8-12-5-3-4-6-12/h2,7H,1,3-6,8H2. The van der Waals surface area contributed by atoms with Gasteiger partial charge in [-0.15, -0.1) is 11.3 Å². The van der Waals surface area contributed by atoms with E-state index in [1.807, 2.05) is 12.3 Å². The van der Waals surface area contributed by atoms with Crippen molar-refractivity contribution in [3.8, 4) is 0 Å². The van der Waals surface area contributed by atoms with Gasteiger partial charge in [0.15, 0.2) is 0 Å². The molecule has 0 bridgehead atoms. The summed E-state index contributed by atoms with van der Waals surface area (Å²) in [5, 5.41) is 1.22. The van der Waals surface area contributed by atoms with E-state index in [2.05, 4.69) is 16.5 Å². The molecule has 70 valence electrons. The zero-order valence-corrected chi connectivity index (χ0v) is 8.52. The van der Waals surface area contributed by atoms with Crippen LogP contribution in [-0.4, -0.2) is 23.0 Å². The maximum absolute atomic E-state index is 4.36. The van der Waals surface area contributed by atoms with Gasteiger partial charge in [-0.3, -0.25) is 4.90 Å². The number of hydrogen-bond acceptors (Lipinski definition) is 3. The molecule has 0 atom stereocenters. The first-order valence-electron chi connectivity index (χ1n) is 4.68. The van der Waals surface area contributed by atoms with Crippen LogP contribution in [0, 0.1) is 0 Å². The molecule has 0 spiro atoms. The lowest BCUT2D eigenvalue weighted by atomic mass is 10.4. The van der Waals surface area contributed by atoms with E-state index in [0.29, 0.717) is 0 Å².